The number of thiophene rings is 1. The summed E-state index contributed by atoms with van der Waals surface area (Å²) in [4.78, 5) is 30.2. The number of halogens is 3. The van der Waals surface area contributed by atoms with E-state index in [0.717, 1.165) is 17.0 Å². The highest BCUT2D eigenvalue weighted by molar-refractivity contribution is 7.13. The average Bonchev–Trinajstić information content (AvgIpc) is 3.35. The molecule has 0 saturated heterocycles. The summed E-state index contributed by atoms with van der Waals surface area (Å²) in [6.07, 6.45) is -3.09. The molecule has 1 N–H and O–H groups in total. The zero-order valence-electron chi connectivity index (χ0n) is 15.5. The second-order valence-corrected chi connectivity index (χ2v) is 7.49. The molecule has 4 rings (SSSR count). The molecule has 0 spiro atoms. The highest BCUT2D eigenvalue weighted by atomic mass is 32.1. The van der Waals surface area contributed by atoms with Crippen LogP contribution in [0.5, 0.6) is 0 Å². The Hall–Kier alpha value is -3.46. The highest BCUT2D eigenvalue weighted by Gasteiger charge is 2.30. The predicted octanol–water partition coefficient (Wildman–Crippen LogP) is 5.54. The zero-order valence-corrected chi connectivity index (χ0v) is 16.3. The number of carbonyl (C=O) groups is 2. The van der Waals surface area contributed by atoms with Crippen LogP contribution in [0.1, 0.15) is 33.3 Å². The van der Waals surface area contributed by atoms with Gasteiger partial charge in [-0.15, -0.1) is 11.3 Å². The number of alkyl halides is 3. The van der Waals surface area contributed by atoms with Crippen molar-refractivity contribution in [2.45, 2.75) is 13.1 Å². The van der Waals surface area contributed by atoms with Crippen LogP contribution in [0.25, 0.3) is 16.1 Å². The van der Waals surface area contributed by atoms with Gasteiger partial charge in [0.05, 0.1) is 21.7 Å². The van der Waals surface area contributed by atoms with Crippen molar-refractivity contribution in [2.24, 2.45) is 0 Å². The monoisotopic (exact) mass is 429 g/mol. The summed E-state index contributed by atoms with van der Waals surface area (Å²) in [5.41, 5.74) is 0.699. The van der Waals surface area contributed by atoms with Gasteiger partial charge in [0.2, 0.25) is 0 Å². The number of Topliss-reactive ketones (excluding diaryl/α,β-unsaturated/α-hetero) is 1. The molecule has 3 heterocycles. The van der Waals surface area contributed by atoms with Gasteiger partial charge in [-0.25, -0.2) is 4.98 Å². The number of fused-ring (bicyclic) bond motifs is 1. The third-order valence-corrected chi connectivity index (χ3v) is 5.39. The summed E-state index contributed by atoms with van der Waals surface area (Å²) in [5.74, 6) is -0.892. The van der Waals surface area contributed by atoms with Crippen LogP contribution < -0.4 is 5.32 Å². The molecule has 3 aromatic heterocycles. The Kier molecular flexibility index (Phi) is 4.90. The Morgan fingerprint density at radius 3 is 2.57 bits per heavy atom. The molecule has 0 unspecified atom stereocenters. The first kappa shape index (κ1) is 19.8. The van der Waals surface area contributed by atoms with Gasteiger partial charge in [0.15, 0.2) is 5.78 Å². The molecule has 0 saturated carbocycles. The molecule has 1 amide bonds. The molecule has 0 radical (unpaired) electrons. The van der Waals surface area contributed by atoms with Gasteiger partial charge in [-0.05, 0) is 48.7 Å². The Balaban J connectivity index is 1.74. The van der Waals surface area contributed by atoms with Crippen LogP contribution in [0, 0.1) is 0 Å². The Labute approximate surface area is 172 Å². The summed E-state index contributed by atoms with van der Waals surface area (Å²) in [7, 11) is 0. The van der Waals surface area contributed by atoms with Crippen molar-refractivity contribution in [3.63, 3.8) is 0 Å². The van der Waals surface area contributed by atoms with E-state index in [-0.39, 0.29) is 17.2 Å². The lowest BCUT2D eigenvalue weighted by Gasteiger charge is -2.10. The molecule has 4 aromatic rings. The fourth-order valence-corrected chi connectivity index (χ4v) is 3.78. The first-order chi connectivity index (χ1) is 14.2. The van der Waals surface area contributed by atoms with Crippen LogP contribution in [0.4, 0.5) is 18.9 Å². The van der Waals surface area contributed by atoms with E-state index in [4.69, 9.17) is 0 Å². The maximum absolute atomic E-state index is 12.9. The molecular weight excluding hydrogens is 415 g/mol. The minimum atomic E-state index is -4.52. The van der Waals surface area contributed by atoms with Crippen LogP contribution in [0.2, 0.25) is 0 Å². The van der Waals surface area contributed by atoms with E-state index in [1.807, 2.05) is 17.5 Å². The Bertz CT molecular complexity index is 1260. The molecule has 0 aliphatic heterocycles. The zero-order chi connectivity index (χ0) is 21.5. The van der Waals surface area contributed by atoms with Crippen molar-refractivity contribution in [3.05, 3.63) is 77.1 Å². The second kappa shape index (κ2) is 7.42. The molecule has 9 heteroatoms. The number of aromatic nitrogens is 2. The molecule has 0 atom stereocenters. The van der Waals surface area contributed by atoms with E-state index < -0.39 is 17.6 Å². The summed E-state index contributed by atoms with van der Waals surface area (Å²) in [6.45, 7) is 1.38. The molecule has 0 fully saturated rings. The number of benzene rings is 1. The van der Waals surface area contributed by atoms with Crippen molar-refractivity contribution in [1.29, 1.82) is 0 Å². The number of carbonyl (C=O) groups excluding carboxylic acids is 2. The Morgan fingerprint density at radius 1 is 1.10 bits per heavy atom. The summed E-state index contributed by atoms with van der Waals surface area (Å²) < 4.78 is 40.2. The highest BCUT2D eigenvalue weighted by Crippen LogP contribution is 2.31. The maximum Gasteiger partial charge on any atom is 0.416 e. The number of anilines is 1. The molecule has 1 aromatic carbocycles. The van der Waals surface area contributed by atoms with Gasteiger partial charge in [0.1, 0.15) is 12.0 Å². The predicted molar refractivity (Wildman–Crippen MR) is 108 cm³/mol. The first-order valence-corrected chi connectivity index (χ1v) is 9.66. The molecule has 0 bridgehead atoms. The van der Waals surface area contributed by atoms with E-state index in [1.165, 1.54) is 47.2 Å². The lowest BCUT2D eigenvalue weighted by Crippen LogP contribution is -2.15. The minimum Gasteiger partial charge on any atom is -0.321 e. The van der Waals surface area contributed by atoms with Crippen molar-refractivity contribution < 1.29 is 22.8 Å². The van der Waals surface area contributed by atoms with Crippen LogP contribution in [-0.2, 0) is 6.18 Å². The fraction of sp³-hybridized carbons (Fsp3) is 0.0952. The number of ketones is 1. The van der Waals surface area contributed by atoms with Crippen LogP contribution in [0.3, 0.4) is 0 Å². The normalized spacial score (nSPS) is 11.6. The van der Waals surface area contributed by atoms with Crippen molar-refractivity contribution in [1.82, 2.24) is 9.38 Å². The molecule has 152 valence electrons. The third kappa shape index (κ3) is 3.71. The van der Waals surface area contributed by atoms with Gasteiger partial charge in [0, 0.05) is 11.3 Å². The molecule has 0 aliphatic carbocycles. The number of rotatable bonds is 4. The van der Waals surface area contributed by atoms with Crippen molar-refractivity contribution in [2.75, 3.05) is 5.32 Å². The van der Waals surface area contributed by atoms with Gasteiger partial charge >= 0.3 is 6.18 Å². The summed E-state index contributed by atoms with van der Waals surface area (Å²) >= 11 is 1.49. The van der Waals surface area contributed by atoms with E-state index in [9.17, 15) is 22.8 Å². The molecule has 0 aliphatic rings. The first-order valence-electron chi connectivity index (χ1n) is 8.78. The van der Waals surface area contributed by atoms with Crippen molar-refractivity contribution >= 4 is 34.2 Å². The van der Waals surface area contributed by atoms with E-state index in [0.29, 0.717) is 16.8 Å². The maximum atomic E-state index is 12.9. The number of nitrogens with one attached hydrogen (secondary N) is 1. The lowest BCUT2D eigenvalue weighted by atomic mass is 10.1. The lowest BCUT2D eigenvalue weighted by molar-refractivity contribution is -0.137. The van der Waals surface area contributed by atoms with Crippen LogP contribution in [0.15, 0.2) is 60.2 Å². The van der Waals surface area contributed by atoms with Crippen LogP contribution in [-0.4, -0.2) is 21.1 Å². The number of hydrogen-bond acceptors (Lipinski definition) is 4. The van der Waals surface area contributed by atoms with Gasteiger partial charge in [0.25, 0.3) is 5.91 Å². The molecular formula is C21H14F3N3O2S. The van der Waals surface area contributed by atoms with Gasteiger partial charge in [-0.3, -0.25) is 14.0 Å². The standard InChI is InChI=1S/C21H14F3N3O2S/c1-12(28)15-9-18(20(29)26-14-5-2-4-13(8-14)21(22,23)24)27-11-25-16(10-17(15)27)19-6-3-7-30-19/h2-11H,1H3,(H,26,29). The van der Waals surface area contributed by atoms with Crippen LogP contribution >= 0.6 is 11.3 Å². The number of nitrogens with zero attached hydrogens (tertiary/aromatic N) is 2. The van der Waals surface area contributed by atoms with Gasteiger partial charge in [-0.2, -0.15) is 13.2 Å². The summed E-state index contributed by atoms with van der Waals surface area (Å²) in [5, 5.41) is 4.36. The largest absolute Gasteiger partial charge is 0.416 e. The molecule has 30 heavy (non-hydrogen) atoms. The van der Waals surface area contributed by atoms with E-state index >= 15 is 0 Å². The smallest absolute Gasteiger partial charge is 0.321 e. The molecule has 5 nitrogen and oxygen atoms in total. The fourth-order valence-electron chi connectivity index (χ4n) is 3.08. The minimum absolute atomic E-state index is 0.00249. The number of amides is 1. The quantitative estimate of drug-likeness (QED) is 0.434. The van der Waals surface area contributed by atoms with E-state index in [2.05, 4.69) is 10.3 Å². The average molecular weight is 429 g/mol. The number of hydrogen-bond donors (Lipinski definition) is 1. The summed E-state index contributed by atoms with van der Waals surface area (Å²) in [6, 6.07) is 11.3. The van der Waals surface area contributed by atoms with E-state index in [1.54, 1.807) is 6.07 Å². The third-order valence-electron chi connectivity index (χ3n) is 4.50. The van der Waals surface area contributed by atoms with Crippen molar-refractivity contribution in [3.8, 4) is 10.6 Å². The topological polar surface area (TPSA) is 63.5 Å². The SMILES string of the molecule is CC(=O)c1cc(C(=O)Nc2cccc(C(F)(F)F)c2)n2cnc(-c3cccs3)cc12. The Morgan fingerprint density at radius 2 is 1.90 bits per heavy atom. The van der Waals surface area contributed by atoms with Gasteiger partial charge in [-0.1, -0.05) is 12.1 Å². The van der Waals surface area contributed by atoms with Gasteiger partial charge < -0.3 is 5.32 Å². The second-order valence-electron chi connectivity index (χ2n) is 6.54.